The minimum Gasteiger partial charge on any atom is -0.455 e. The van der Waals surface area contributed by atoms with E-state index in [-0.39, 0.29) is 0 Å². The molecule has 43 heavy (non-hydrogen) atoms. The van der Waals surface area contributed by atoms with Crippen LogP contribution in [0.25, 0.3) is 81.8 Å². The second-order valence-electron chi connectivity index (χ2n) is 10.8. The maximum atomic E-state index is 9.73. The lowest BCUT2D eigenvalue weighted by Gasteiger charge is -2.12. The average molecular weight is 549 g/mol. The van der Waals surface area contributed by atoms with Crippen molar-refractivity contribution in [2.24, 2.45) is 0 Å². The molecular weight excluding hydrogens is 528 g/mol. The Bertz CT molecular complexity index is 2650. The van der Waals surface area contributed by atoms with E-state index >= 15 is 0 Å². The van der Waals surface area contributed by atoms with Crippen LogP contribution >= 0.6 is 0 Å². The van der Waals surface area contributed by atoms with Crippen LogP contribution in [-0.4, -0.2) is 9.13 Å². The van der Waals surface area contributed by atoms with Crippen molar-refractivity contribution in [1.82, 2.24) is 9.13 Å². The van der Waals surface area contributed by atoms with E-state index < -0.39 is 0 Å². The van der Waals surface area contributed by atoms with Gasteiger partial charge in [0.2, 0.25) is 5.69 Å². The Kier molecular flexibility index (Phi) is 4.68. The highest BCUT2D eigenvalue weighted by Crippen LogP contribution is 2.43. The first-order valence-electron chi connectivity index (χ1n) is 14.0. The zero-order chi connectivity index (χ0) is 28.7. The number of hydrogen-bond donors (Lipinski definition) is 0. The summed E-state index contributed by atoms with van der Waals surface area (Å²) < 4.78 is 11.0. The van der Waals surface area contributed by atoms with Gasteiger partial charge in [-0.25, -0.2) is 4.85 Å². The summed E-state index contributed by atoms with van der Waals surface area (Å²) in [5.74, 6) is 0. The molecule has 0 atom stereocenters. The van der Waals surface area contributed by atoms with Crippen LogP contribution in [0.15, 0.2) is 126 Å². The van der Waals surface area contributed by atoms with Crippen molar-refractivity contribution in [1.29, 1.82) is 5.26 Å². The molecule has 0 N–H and O–H groups in total. The highest BCUT2D eigenvalue weighted by Gasteiger charge is 2.21. The molecule has 3 heterocycles. The molecule has 0 unspecified atom stereocenters. The molecule has 0 radical (unpaired) electrons. The van der Waals surface area contributed by atoms with Gasteiger partial charge in [-0.05, 0) is 54.6 Å². The molecule has 0 aliphatic heterocycles. The molecule has 0 fully saturated rings. The third-order valence-corrected chi connectivity index (χ3v) is 8.56. The molecule has 0 bridgehead atoms. The van der Waals surface area contributed by atoms with Crippen molar-refractivity contribution in [2.45, 2.75) is 0 Å². The number of nitrogens with zero attached hydrogens (tertiary/aromatic N) is 4. The molecule has 9 aromatic rings. The third-order valence-electron chi connectivity index (χ3n) is 8.56. The molecule has 9 rings (SSSR count). The largest absolute Gasteiger partial charge is 0.455 e. The Labute approximate surface area is 245 Å². The lowest BCUT2D eigenvalue weighted by molar-refractivity contribution is 0.673. The van der Waals surface area contributed by atoms with Crippen LogP contribution in [0.4, 0.5) is 5.69 Å². The van der Waals surface area contributed by atoms with E-state index in [4.69, 9.17) is 11.0 Å². The van der Waals surface area contributed by atoms with Crippen molar-refractivity contribution < 1.29 is 4.42 Å². The Morgan fingerprint density at radius 2 is 1.28 bits per heavy atom. The predicted molar refractivity (Wildman–Crippen MR) is 173 cm³/mol. The number of para-hydroxylation sites is 3. The van der Waals surface area contributed by atoms with Crippen LogP contribution in [0, 0.1) is 17.9 Å². The Balaban J connectivity index is 1.47. The summed E-state index contributed by atoms with van der Waals surface area (Å²) in [4.78, 5) is 3.83. The molecule has 5 nitrogen and oxygen atoms in total. The summed E-state index contributed by atoms with van der Waals surface area (Å²) in [6.45, 7) is 7.92. The monoisotopic (exact) mass is 548 g/mol. The standard InChI is InChI=1S/C38H20N4O/c1-40-30-17-14-23(22-39)20-35(30)42-33-18-15-24(41-31-11-5-2-8-25(31)26-9-3-6-12-32(26)41)21-29(33)37-34(42)19-16-28-27-10-4-7-13-36(27)43-38(28)37/h2-21H. The normalized spacial score (nSPS) is 11.7. The molecule has 0 saturated heterocycles. The summed E-state index contributed by atoms with van der Waals surface area (Å²) in [6, 6.07) is 43.2. The molecular formula is C38H20N4O. The Morgan fingerprint density at radius 1 is 0.605 bits per heavy atom. The lowest BCUT2D eigenvalue weighted by Crippen LogP contribution is -1.96. The fourth-order valence-corrected chi connectivity index (χ4v) is 6.74. The van der Waals surface area contributed by atoms with Gasteiger partial charge in [-0.2, -0.15) is 5.26 Å². The van der Waals surface area contributed by atoms with Crippen LogP contribution in [-0.2, 0) is 0 Å². The van der Waals surface area contributed by atoms with Crippen molar-refractivity contribution in [3.63, 3.8) is 0 Å². The zero-order valence-electron chi connectivity index (χ0n) is 22.7. The van der Waals surface area contributed by atoms with Gasteiger partial charge in [0.15, 0.2) is 0 Å². The lowest BCUT2D eigenvalue weighted by atomic mass is 10.1. The highest BCUT2D eigenvalue weighted by molar-refractivity contribution is 6.24. The number of fused-ring (bicyclic) bond motifs is 10. The zero-order valence-corrected chi connectivity index (χ0v) is 22.7. The van der Waals surface area contributed by atoms with Gasteiger partial charge in [0, 0.05) is 32.6 Å². The topological polar surface area (TPSA) is 51.1 Å². The molecule has 5 heteroatoms. The summed E-state index contributed by atoms with van der Waals surface area (Å²) in [5.41, 5.74) is 8.46. The van der Waals surface area contributed by atoms with E-state index in [2.05, 4.69) is 105 Å². The van der Waals surface area contributed by atoms with Crippen LogP contribution in [0.2, 0.25) is 0 Å². The van der Waals surface area contributed by atoms with E-state index in [1.807, 2.05) is 18.2 Å². The number of rotatable bonds is 2. The summed E-state index contributed by atoms with van der Waals surface area (Å²) in [7, 11) is 0. The fraction of sp³-hybridized carbons (Fsp3) is 0. The SMILES string of the molecule is [C-]#[N+]c1ccc(C#N)cc1-n1c2ccc(-n3c4ccccc4c4ccccc43)cc2c2c3oc4ccccc4c3ccc21. The van der Waals surface area contributed by atoms with E-state index in [0.29, 0.717) is 16.9 Å². The first-order chi connectivity index (χ1) is 21.2. The predicted octanol–water partition coefficient (Wildman–Crippen LogP) is 10.2. The van der Waals surface area contributed by atoms with Crippen molar-refractivity contribution in [3.05, 3.63) is 138 Å². The Hall–Kier alpha value is -6.30. The number of hydrogen-bond acceptors (Lipinski definition) is 2. The molecule has 198 valence electrons. The summed E-state index contributed by atoms with van der Waals surface area (Å²) >= 11 is 0. The number of benzene rings is 6. The molecule has 6 aromatic carbocycles. The van der Waals surface area contributed by atoms with Crippen molar-refractivity contribution in [2.75, 3.05) is 0 Å². The number of aromatic nitrogens is 2. The molecule has 0 spiro atoms. The van der Waals surface area contributed by atoms with Crippen LogP contribution in [0.1, 0.15) is 5.56 Å². The summed E-state index contributed by atoms with van der Waals surface area (Å²) in [6.07, 6.45) is 0. The van der Waals surface area contributed by atoms with Gasteiger partial charge in [0.05, 0.1) is 51.3 Å². The van der Waals surface area contributed by atoms with Crippen LogP contribution in [0.5, 0.6) is 0 Å². The number of nitriles is 1. The molecule has 0 saturated carbocycles. The van der Waals surface area contributed by atoms with Crippen molar-refractivity contribution >= 4 is 71.2 Å². The van der Waals surface area contributed by atoms with Crippen molar-refractivity contribution in [3.8, 4) is 17.4 Å². The van der Waals surface area contributed by atoms with Gasteiger partial charge < -0.3 is 13.6 Å². The van der Waals surface area contributed by atoms with Gasteiger partial charge in [-0.1, -0.05) is 66.7 Å². The maximum Gasteiger partial charge on any atom is 0.210 e. The smallest absolute Gasteiger partial charge is 0.210 e. The molecule has 0 aliphatic rings. The molecule has 0 aliphatic carbocycles. The number of furan rings is 1. The minimum absolute atomic E-state index is 0.481. The second kappa shape index (κ2) is 8.60. The van der Waals surface area contributed by atoms with E-state index in [9.17, 15) is 5.26 Å². The highest BCUT2D eigenvalue weighted by atomic mass is 16.3. The third kappa shape index (κ3) is 3.14. The average Bonchev–Trinajstić information content (AvgIpc) is 3.71. The summed E-state index contributed by atoms with van der Waals surface area (Å²) in [5, 5.41) is 16.2. The first-order valence-corrected chi connectivity index (χ1v) is 14.0. The quantitative estimate of drug-likeness (QED) is 0.202. The molecule has 3 aromatic heterocycles. The van der Waals surface area contributed by atoms with Gasteiger partial charge in [0.1, 0.15) is 11.2 Å². The van der Waals surface area contributed by atoms with Gasteiger partial charge >= 0.3 is 0 Å². The first kappa shape index (κ1) is 23.4. The Morgan fingerprint density at radius 3 is 2.02 bits per heavy atom. The van der Waals surface area contributed by atoms with E-state index in [1.54, 1.807) is 18.2 Å². The van der Waals surface area contributed by atoms with Gasteiger partial charge in [-0.3, -0.25) is 0 Å². The van der Waals surface area contributed by atoms with Crippen LogP contribution < -0.4 is 0 Å². The van der Waals surface area contributed by atoms with E-state index in [1.165, 1.54) is 10.8 Å². The van der Waals surface area contributed by atoms with Crippen LogP contribution in [0.3, 0.4) is 0 Å². The van der Waals surface area contributed by atoms with Gasteiger partial charge in [-0.15, -0.1) is 0 Å². The second-order valence-corrected chi connectivity index (χ2v) is 10.8. The van der Waals surface area contributed by atoms with Gasteiger partial charge in [0.25, 0.3) is 0 Å². The molecule has 0 amide bonds. The minimum atomic E-state index is 0.481. The fourth-order valence-electron chi connectivity index (χ4n) is 6.74. The van der Waals surface area contributed by atoms with E-state index in [0.717, 1.165) is 60.5 Å². The maximum absolute atomic E-state index is 9.73.